The van der Waals surface area contributed by atoms with Gasteiger partial charge in [-0.2, -0.15) is 0 Å². The van der Waals surface area contributed by atoms with Crippen molar-refractivity contribution in [3.05, 3.63) is 399 Å². The summed E-state index contributed by atoms with van der Waals surface area (Å²) in [5.41, 5.74) is 21.4. The zero-order valence-corrected chi connectivity index (χ0v) is 91.1. The summed E-state index contributed by atoms with van der Waals surface area (Å²) in [6, 6.07) is 57.9. The van der Waals surface area contributed by atoms with E-state index in [0.717, 1.165) is 149 Å². The summed E-state index contributed by atoms with van der Waals surface area (Å²) >= 11 is 0. The minimum Gasteiger partial charge on any atom is -0.264 e. The Labute approximate surface area is 851 Å². The lowest BCUT2D eigenvalue weighted by Crippen LogP contribution is -1.84. The molecule has 143 heavy (non-hydrogen) atoms. The fraction of sp³-hybridized carbons (Fsp3) is 0.273. The van der Waals surface area contributed by atoms with Gasteiger partial charge in [0.2, 0.25) is 0 Å². The lowest BCUT2D eigenvalue weighted by Gasteiger charge is -1.95. The first-order chi connectivity index (χ1) is 70.0. The molecule has 748 valence electrons. The van der Waals surface area contributed by atoms with Crippen LogP contribution in [0.2, 0.25) is 0 Å². The third-order valence-electron chi connectivity index (χ3n) is 17.8. The minimum absolute atomic E-state index is 0.818. The minimum atomic E-state index is 0.818. The highest BCUT2D eigenvalue weighted by Gasteiger charge is 2.02. The number of hydrogen-bond donors (Lipinski definition) is 0. The molecule has 0 bridgehead atoms. The molecule has 0 amide bonds. The molecule has 0 saturated heterocycles. The Kier molecular flexibility index (Phi) is 67.4. The van der Waals surface area contributed by atoms with E-state index in [1.807, 2.05) is 442 Å². The molecule has 0 radical (unpaired) electrons. The Morgan fingerprint density at radius 1 is 0.133 bits per heavy atom. The van der Waals surface area contributed by atoms with Gasteiger partial charge in [0, 0.05) is 230 Å². The van der Waals surface area contributed by atoms with Crippen LogP contribution in [0.3, 0.4) is 0 Å². The highest BCUT2D eigenvalue weighted by molar-refractivity contribution is 5.84. The highest BCUT2D eigenvalue weighted by Crippen LogP contribution is 2.19. The van der Waals surface area contributed by atoms with Crippen molar-refractivity contribution in [2.24, 2.45) is 0 Å². The van der Waals surface area contributed by atoms with E-state index < -0.39 is 0 Å². The molecule has 22 nitrogen and oxygen atoms in total. The van der Waals surface area contributed by atoms with Gasteiger partial charge in [-0.25, -0.2) is 29.9 Å². The van der Waals surface area contributed by atoms with Crippen LogP contribution in [0, 0.1) is 76.2 Å². The van der Waals surface area contributed by atoms with E-state index >= 15 is 0 Å². The van der Waals surface area contributed by atoms with Crippen molar-refractivity contribution >= 4 is 120 Å². The van der Waals surface area contributed by atoms with E-state index in [4.69, 9.17) is 0 Å². The van der Waals surface area contributed by atoms with Crippen molar-refractivity contribution in [3.63, 3.8) is 0 Å². The second-order valence-corrected chi connectivity index (χ2v) is 28.1. The van der Waals surface area contributed by atoms with Crippen LogP contribution in [0.25, 0.3) is 120 Å². The van der Waals surface area contributed by atoms with Gasteiger partial charge in [-0.1, -0.05) is 158 Å². The fourth-order valence-electron chi connectivity index (χ4n) is 11.8. The lowest BCUT2D eigenvalue weighted by molar-refractivity contribution is 1.20. The number of hydrogen-bond acceptors (Lipinski definition) is 22. The van der Waals surface area contributed by atoms with Crippen molar-refractivity contribution < 1.29 is 0 Å². The third kappa shape index (κ3) is 46.7. The van der Waals surface area contributed by atoms with Gasteiger partial charge in [0.1, 0.15) is 0 Å². The first-order valence-corrected chi connectivity index (χ1v) is 49.8. The van der Waals surface area contributed by atoms with E-state index in [1.54, 1.807) is 86.8 Å². The number of fused-ring (bicyclic) bond motifs is 11. The summed E-state index contributed by atoms with van der Waals surface area (Å²) in [6.45, 7) is 66.0. The molecule has 0 saturated carbocycles. The molecule has 0 spiro atoms. The van der Waals surface area contributed by atoms with E-state index in [1.165, 1.54) is 33.2 Å². The van der Waals surface area contributed by atoms with Crippen LogP contribution in [-0.2, 0) is 0 Å². The number of nitrogens with zero attached hydrogens (tertiary/aromatic N) is 22. The van der Waals surface area contributed by atoms with Crippen LogP contribution < -0.4 is 0 Å². The maximum Gasteiger partial charge on any atom is 0.159 e. The SMILES string of the molecule is CC.CC.CC.CC.CC.CC.CC.CC.CC.CC.CC.Cc1cc2cccnc2cn1.Cc1cc2ccncc2cn1.Cc1cc2cnccc2cn1.Cc1cc2ncccc2cn1.Cc1ccc2cccnc2n1.Cc1cnc2cccnc2c1.Cc1cnc2ccncc2c1.Cc1cnc2cnccc2c1.Cc1cnc2cnccc2c1.Cc1cnc2ncccc2c1.Cc1cnc2ncccc2c1. The second-order valence-electron chi connectivity index (χ2n) is 28.1. The molecule has 0 N–H and O–H groups in total. The summed E-state index contributed by atoms with van der Waals surface area (Å²) in [5, 5.41) is 13.6. The molecule has 0 aromatic carbocycles. The summed E-state index contributed by atoms with van der Waals surface area (Å²) in [4.78, 5) is 91.1. The molecular weight excluding hydrogens is 1760 g/mol. The van der Waals surface area contributed by atoms with Gasteiger partial charge >= 0.3 is 0 Å². The molecule has 0 unspecified atom stereocenters. The fourth-order valence-corrected chi connectivity index (χ4v) is 11.8. The molecular formula is C121H154N22. The van der Waals surface area contributed by atoms with Gasteiger partial charge < -0.3 is 0 Å². The standard InChI is InChI=1S/11C9H8N2.11C2H6/c1-7-4-9-5-10-3-2-8(9)6-11-7;1-7-4-8-2-3-10-5-9(8)6-11-7;1-7-4-8-6-10-3-2-9(8)11-5-7;2*1-7-4-8-2-3-10-6-9(8)11-5-7;1-7-4-5-8-3-2-6-10-9(8)11-7;1-7-5-9-8(6-11-7)3-2-4-10-9;1-7-5-8-3-2-4-10-9(8)6-11-7;1-7-5-9-8(11-6-7)3-2-4-10-9;2*1-7-5-8-3-2-4-10-9(8)11-6-7;11*1-2/h11*2-6H,1H3;11*1-2H3. The van der Waals surface area contributed by atoms with Crippen LogP contribution in [0.5, 0.6) is 0 Å². The number of aromatic nitrogens is 22. The van der Waals surface area contributed by atoms with Gasteiger partial charge in [0.05, 0.1) is 57.2 Å². The number of pyridine rings is 22. The topological polar surface area (TPSA) is 284 Å². The van der Waals surface area contributed by atoms with Crippen LogP contribution in [-0.4, -0.2) is 110 Å². The third-order valence-corrected chi connectivity index (χ3v) is 17.8. The van der Waals surface area contributed by atoms with E-state index in [9.17, 15) is 0 Å². The van der Waals surface area contributed by atoms with Crippen molar-refractivity contribution in [2.45, 2.75) is 228 Å². The Morgan fingerprint density at radius 2 is 0.441 bits per heavy atom. The zero-order valence-electron chi connectivity index (χ0n) is 91.1. The summed E-state index contributed by atoms with van der Waals surface area (Å²) in [6.07, 6.45) is 47.0. The molecule has 22 aromatic rings. The molecule has 22 heteroatoms. The van der Waals surface area contributed by atoms with Crippen molar-refractivity contribution in [3.8, 4) is 0 Å². The first-order valence-electron chi connectivity index (χ1n) is 49.8. The van der Waals surface area contributed by atoms with Gasteiger partial charge in [0.15, 0.2) is 16.9 Å². The summed E-state index contributed by atoms with van der Waals surface area (Å²) in [5.74, 6) is 0. The molecule has 0 aliphatic carbocycles. The van der Waals surface area contributed by atoms with Crippen LogP contribution in [0.1, 0.15) is 214 Å². The van der Waals surface area contributed by atoms with Crippen LogP contribution in [0.4, 0.5) is 0 Å². The number of aryl methyl sites for hydroxylation is 11. The Morgan fingerprint density at radius 3 is 0.944 bits per heavy atom. The molecule has 0 fully saturated rings. The van der Waals surface area contributed by atoms with Gasteiger partial charge in [-0.15, -0.1) is 0 Å². The number of rotatable bonds is 0. The smallest absolute Gasteiger partial charge is 0.159 e. The van der Waals surface area contributed by atoms with Gasteiger partial charge in [-0.3, -0.25) is 79.7 Å². The van der Waals surface area contributed by atoms with Gasteiger partial charge in [-0.05, 0) is 285 Å². The maximum absolute atomic E-state index is 4.26. The van der Waals surface area contributed by atoms with Gasteiger partial charge in [0.25, 0.3) is 0 Å². The Hall–Kier alpha value is -15.8. The van der Waals surface area contributed by atoms with Crippen molar-refractivity contribution in [2.75, 3.05) is 0 Å². The normalized spacial score (nSPS) is 9.15. The highest BCUT2D eigenvalue weighted by atomic mass is 14.9. The van der Waals surface area contributed by atoms with E-state index in [0.29, 0.717) is 0 Å². The summed E-state index contributed by atoms with van der Waals surface area (Å²) < 4.78 is 0. The summed E-state index contributed by atoms with van der Waals surface area (Å²) in [7, 11) is 0. The Balaban J connectivity index is 0.000000771. The first kappa shape index (κ1) is 125. The molecule has 0 atom stereocenters. The molecule has 0 aliphatic rings. The van der Waals surface area contributed by atoms with Crippen molar-refractivity contribution in [1.29, 1.82) is 0 Å². The Bertz CT molecular complexity index is 5680. The average molecular weight is 1920 g/mol. The zero-order chi connectivity index (χ0) is 106. The largest absolute Gasteiger partial charge is 0.264 e. The monoisotopic (exact) mass is 1920 g/mol. The van der Waals surface area contributed by atoms with Crippen molar-refractivity contribution in [1.82, 2.24) is 110 Å². The second kappa shape index (κ2) is 77.0. The van der Waals surface area contributed by atoms with Crippen LogP contribution >= 0.6 is 0 Å². The predicted octanol–water partition coefficient (Wildman–Crippen LogP) is 32.6. The predicted molar refractivity (Wildman–Crippen MR) is 612 cm³/mol. The van der Waals surface area contributed by atoms with E-state index in [-0.39, 0.29) is 0 Å². The molecule has 0 aliphatic heterocycles. The molecule has 22 aromatic heterocycles. The maximum atomic E-state index is 4.26. The average Bonchev–Trinajstić information content (AvgIpc) is 0.929. The molecule has 22 heterocycles. The molecule has 22 rings (SSSR count). The quantitative estimate of drug-likeness (QED) is 0.136. The lowest BCUT2D eigenvalue weighted by atomic mass is 10.2. The van der Waals surface area contributed by atoms with E-state index in [2.05, 4.69) is 146 Å². The van der Waals surface area contributed by atoms with Crippen LogP contribution in [0.15, 0.2) is 337 Å².